The van der Waals surface area contributed by atoms with E-state index in [1.165, 1.54) is 0 Å². The lowest BCUT2D eigenvalue weighted by Crippen LogP contribution is -2.58. The average molecular weight is 397 g/mol. The van der Waals surface area contributed by atoms with Gasteiger partial charge in [0.15, 0.2) is 11.3 Å². The first-order chi connectivity index (χ1) is 14.6. The Hall–Kier alpha value is -3.51. The van der Waals surface area contributed by atoms with Crippen LogP contribution in [0.15, 0.2) is 72.8 Å². The summed E-state index contributed by atoms with van der Waals surface area (Å²) in [6, 6.07) is 24.2. The number of fused-ring (bicyclic) bond motifs is 1. The second kappa shape index (κ2) is 7.39. The van der Waals surface area contributed by atoms with Crippen LogP contribution in [0.1, 0.15) is 10.5 Å². The third kappa shape index (κ3) is 3.25. The highest BCUT2D eigenvalue weighted by Crippen LogP contribution is 2.27. The Labute approximate surface area is 175 Å². The van der Waals surface area contributed by atoms with Crippen LogP contribution in [0.2, 0.25) is 0 Å². The summed E-state index contributed by atoms with van der Waals surface area (Å²) in [6.07, 6.45) is 0. The molecule has 0 aliphatic carbocycles. The highest BCUT2D eigenvalue weighted by molar-refractivity contribution is 5.93. The van der Waals surface area contributed by atoms with Gasteiger partial charge in [0.25, 0.3) is 5.91 Å². The summed E-state index contributed by atoms with van der Waals surface area (Å²) in [5, 5.41) is 4.65. The van der Waals surface area contributed by atoms with Gasteiger partial charge in [0, 0.05) is 37.3 Å². The van der Waals surface area contributed by atoms with Gasteiger partial charge in [-0.2, -0.15) is 5.10 Å². The number of hydrogen-bond donors (Lipinski definition) is 0. The molecule has 2 aromatic carbocycles. The first-order valence-electron chi connectivity index (χ1n) is 10.1. The van der Waals surface area contributed by atoms with E-state index >= 15 is 0 Å². The van der Waals surface area contributed by atoms with Gasteiger partial charge in [-0.1, -0.05) is 60.7 Å². The van der Waals surface area contributed by atoms with Crippen molar-refractivity contribution in [3.8, 4) is 22.5 Å². The predicted octanol–water partition coefficient (Wildman–Crippen LogP) is 3.45. The van der Waals surface area contributed by atoms with Crippen molar-refractivity contribution < 1.29 is 4.79 Å². The summed E-state index contributed by atoms with van der Waals surface area (Å²) in [7, 11) is 3.91. The maximum absolute atomic E-state index is 13.1. The van der Waals surface area contributed by atoms with Gasteiger partial charge in [0.2, 0.25) is 0 Å². The van der Waals surface area contributed by atoms with Crippen LogP contribution in [0.25, 0.3) is 28.2 Å². The van der Waals surface area contributed by atoms with Crippen molar-refractivity contribution in [3.05, 3.63) is 78.5 Å². The summed E-state index contributed by atoms with van der Waals surface area (Å²) in [5.74, 6) is -0.0705. The maximum Gasteiger partial charge on any atom is 0.274 e. The molecule has 6 heteroatoms. The predicted molar refractivity (Wildman–Crippen MR) is 117 cm³/mol. The van der Waals surface area contributed by atoms with E-state index in [1.54, 1.807) is 15.5 Å². The molecule has 1 aliphatic heterocycles. The molecule has 0 atom stereocenters. The van der Waals surface area contributed by atoms with Crippen LogP contribution < -0.4 is 0 Å². The summed E-state index contributed by atoms with van der Waals surface area (Å²) in [6.45, 7) is 1.78. The lowest BCUT2D eigenvalue weighted by molar-refractivity contribution is 0.0455. The minimum atomic E-state index is -0.0705. The molecule has 0 bridgehead atoms. The molecule has 30 heavy (non-hydrogen) atoms. The van der Waals surface area contributed by atoms with Crippen LogP contribution in [0, 0.1) is 0 Å². The molecule has 1 amide bonds. The lowest BCUT2D eigenvalue weighted by atomic mass is 10.1. The molecule has 3 heterocycles. The fourth-order valence-corrected chi connectivity index (χ4v) is 3.91. The first kappa shape index (κ1) is 18.5. The number of amides is 1. The molecule has 150 valence electrons. The van der Waals surface area contributed by atoms with E-state index < -0.39 is 0 Å². The van der Waals surface area contributed by atoms with Crippen molar-refractivity contribution >= 4 is 11.6 Å². The molecule has 0 unspecified atom stereocenters. The molecule has 0 spiro atoms. The Bertz CT molecular complexity index is 1200. The number of benzene rings is 2. The average Bonchev–Trinajstić information content (AvgIpc) is 3.20. The van der Waals surface area contributed by atoms with E-state index in [1.807, 2.05) is 73.8 Å². The zero-order chi connectivity index (χ0) is 20.7. The standard InChI is InChI=1S/C24H23N5O/c1-27-15-19(16-27)28(2)24(30)21-14-23-25-20(17-9-5-3-6-10-17)13-22(29(23)26-21)18-11-7-4-8-12-18/h3-14,19H,15-16H2,1-2H3. The molecular formula is C24H23N5O. The zero-order valence-electron chi connectivity index (χ0n) is 17.1. The Morgan fingerprint density at radius 3 is 2.23 bits per heavy atom. The zero-order valence-corrected chi connectivity index (χ0v) is 17.1. The Kier molecular flexibility index (Phi) is 4.56. The molecule has 0 radical (unpaired) electrons. The fourth-order valence-electron chi connectivity index (χ4n) is 3.91. The van der Waals surface area contributed by atoms with Crippen molar-refractivity contribution in [2.45, 2.75) is 6.04 Å². The van der Waals surface area contributed by atoms with Crippen LogP contribution in [0.3, 0.4) is 0 Å². The van der Waals surface area contributed by atoms with E-state index in [2.05, 4.69) is 17.0 Å². The van der Waals surface area contributed by atoms with Gasteiger partial charge in [-0.3, -0.25) is 4.79 Å². The third-order valence-electron chi connectivity index (χ3n) is 5.70. The molecule has 5 rings (SSSR count). The monoisotopic (exact) mass is 397 g/mol. The number of nitrogens with zero attached hydrogens (tertiary/aromatic N) is 5. The molecule has 1 fully saturated rings. The minimum absolute atomic E-state index is 0.0705. The number of likely N-dealkylation sites (N-methyl/N-ethyl adjacent to an activating group) is 2. The molecule has 2 aromatic heterocycles. The van der Waals surface area contributed by atoms with E-state index in [0.29, 0.717) is 11.3 Å². The Balaban J connectivity index is 1.62. The molecule has 6 nitrogen and oxygen atoms in total. The van der Waals surface area contributed by atoms with Gasteiger partial charge in [-0.05, 0) is 13.1 Å². The summed E-state index contributed by atoms with van der Waals surface area (Å²) < 4.78 is 1.77. The van der Waals surface area contributed by atoms with Gasteiger partial charge in [0.1, 0.15) is 0 Å². The van der Waals surface area contributed by atoms with Crippen molar-refractivity contribution in [1.29, 1.82) is 0 Å². The van der Waals surface area contributed by atoms with E-state index in [4.69, 9.17) is 4.98 Å². The Morgan fingerprint density at radius 1 is 0.967 bits per heavy atom. The van der Waals surface area contributed by atoms with Crippen LogP contribution in [-0.2, 0) is 0 Å². The number of hydrogen-bond acceptors (Lipinski definition) is 4. The number of likely N-dealkylation sites (tertiary alicyclic amines) is 1. The molecule has 1 aliphatic rings. The summed E-state index contributed by atoms with van der Waals surface area (Å²) in [4.78, 5) is 21.9. The summed E-state index contributed by atoms with van der Waals surface area (Å²) in [5.41, 5.74) is 4.90. The van der Waals surface area contributed by atoms with Crippen molar-refractivity contribution in [3.63, 3.8) is 0 Å². The van der Waals surface area contributed by atoms with Crippen molar-refractivity contribution in [2.75, 3.05) is 27.2 Å². The molecule has 1 saturated heterocycles. The third-order valence-corrected chi connectivity index (χ3v) is 5.70. The van der Waals surface area contributed by atoms with Crippen LogP contribution in [0.5, 0.6) is 0 Å². The number of carbonyl (C=O) groups is 1. The minimum Gasteiger partial charge on any atom is -0.335 e. The number of rotatable bonds is 4. The lowest BCUT2D eigenvalue weighted by Gasteiger charge is -2.41. The van der Waals surface area contributed by atoms with Gasteiger partial charge in [0.05, 0.1) is 17.4 Å². The second-order valence-electron chi connectivity index (χ2n) is 7.85. The fraction of sp³-hybridized carbons (Fsp3) is 0.208. The Morgan fingerprint density at radius 2 is 1.60 bits per heavy atom. The first-order valence-corrected chi connectivity index (χ1v) is 10.1. The number of carbonyl (C=O) groups excluding carboxylic acids is 1. The normalized spacial score (nSPS) is 14.6. The van der Waals surface area contributed by atoms with E-state index in [-0.39, 0.29) is 11.9 Å². The highest BCUT2D eigenvalue weighted by Gasteiger charge is 2.31. The largest absolute Gasteiger partial charge is 0.335 e. The van der Waals surface area contributed by atoms with Crippen LogP contribution in [-0.4, -0.2) is 63.5 Å². The van der Waals surface area contributed by atoms with Crippen molar-refractivity contribution in [1.82, 2.24) is 24.4 Å². The van der Waals surface area contributed by atoms with E-state index in [0.717, 1.165) is 35.6 Å². The quantitative estimate of drug-likeness (QED) is 0.529. The van der Waals surface area contributed by atoms with E-state index in [9.17, 15) is 4.79 Å². The van der Waals surface area contributed by atoms with Crippen LogP contribution >= 0.6 is 0 Å². The van der Waals surface area contributed by atoms with Crippen molar-refractivity contribution in [2.24, 2.45) is 0 Å². The molecule has 4 aromatic rings. The van der Waals surface area contributed by atoms with Gasteiger partial charge in [-0.25, -0.2) is 9.50 Å². The number of aromatic nitrogens is 3. The molecular weight excluding hydrogens is 374 g/mol. The van der Waals surface area contributed by atoms with Crippen LogP contribution in [0.4, 0.5) is 0 Å². The molecule has 0 N–H and O–H groups in total. The summed E-state index contributed by atoms with van der Waals surface area (Å²) >= 11 is 0. The van der Waals surface area contributed by atoms with Gasteiger partial charge < -0.3 is 9.80 Å². The van der Waals surface area contributed by atoms with Gasteiger partial charge in [-0.15, -0.1) is 0 Å². The maximum atomic E-state index is 13.1. The highest BCUT2D eigenvalue weighted by atomic mass is 16.2. The smallest absolute Gasteiger partial charge is 0.274 e. The second-order valence-corrected chi connectivity index (χ2v) is 7.85. The molecule has 0 saturated carbocycles. The topological polar surface area (TPSA) is 53.7 Å². The van der Waals surface area contributed by atoms with Gasteiger partial charge >= 0.3 is 0 Å². The SMILES string of the molecule is CN1CC(N(C)C(=O)c2cc3nc(-c4ccccc4)cc(-c4ccccc4)n3n2)C1.